The number of aromatic nitrogens is 1. The smallest absolute Gasteiger partial charge is 0.543 e. The van der Waals surface area contributed by atoms with E-state index in [9.17, 15) is 19.5 Å². The van der Waals surface area contributed by atoms with E-state index in [2.05, 4.69) is 22.0 Å². The molecule has 8 N–H and O–H groups in total. The van der Waals surface area contributed by atoms with E-state index >= 15 is 0 Å². The van der Waals surface area contributed by atoms with E-state index in [1.54, 1.807) is 0 Å². The summed E-state index contributed by atoms with van der Waals surface area (Å²) in [4.78, 5) is 40.9. The van der Waals surface area contributed by atoms with Gasteiger partial charge in [0.05, 0.1) is 11.7 Å². The fourth-order valence-electron chi connectivity index (χ4n) is 2.61. The number of carbonyl (C=O) groups excluding carboxylic acids is 3. The van der Waals surface area contributed by atoms with Crippen LogP contribution in [0.1, 0.15) is 5.69 Å². The second-order valence-corrected chi connectivity index (χ2v) is 7.24. The van der Waals surface area contributed by atoms with Crippen LogP contribution in [0, 0.1) is 0 Å². The van der Waals surface area contributed by atoms with Gasteiger partial charge >= 0.3 is 51.4 Å². The number of carboxylic acids is 1. The molecule has 1 aromatic heterocycles. The summed E-state index contributed by atoms with van der Waals surface area (Å²) in [5.74, 6) is -2.62. The number of carboxylic acid groups (broad SMARTS) is 1. The molecule has 1 aromatic rings. The van der Waals surface area contributed by atoms with E-state index in [1.165, 1.54) is 23.2 Å². The van der Waals surface area contributed by atoms with Crippen LogP contribution < -0.4 is 67.5 Å². The molecular formula is C14H16KN5O7S2. The number of nitrogen functional groups attached to an aromatic ring is 1. The zero-order chi connectivity index (χ0) is 19.0. The van der Waals surface area contributed by atoms with E-state index in [4.69, 9.17) is 10.9 Å². The Bertz CT molecular complexity index is 887. The number of aliphatic carboxylic acids is 1. The monoisotopic (exact) mass is 469 g/mol. The number of hydrogen-bond acceptors (Lipinski definition) is 10. The SMILES string of the molecule is C=CC1=C(C(=O)[O-])N2C(=O)C(NC(=O)/C(=N/O)c3csc(N)n3)[C@H]2SC1.O.O.[K+]. The van der Waals surface area contributed by atoms with Crippen molar-refractivity contribution >= 4 is 51.7 Å². The number of thioether (sulfide) groups is 1. The van der Waals surface area contributed by atoms with Crippen LogP contribution >= 0.6 is 23.1 Å². The topological polar surface area (TPSA) is 224 Å². The first-order valence-electron chi connectivity index (χ1n) is 7.15. The summed E-state index contributed by atoms with van der Waals surface area (Å²) in [6.07, 6.45) is 1.36. The number of carbonyl (C=O) groups is 3. The van der Waals surface area contributed by atoms with Gasteiger partial charge in [-0.25, -0.2) is 4.98 Å². The molecule has 152 valence electrons. The number of fused-ring (bicyclic) bond motifs is 1. The van der Waals surface area contributed by atoms with Gasteiger partial charge in [0.15, 0.2) is 10.8 Å². The number of rotatable bonds is 5. The number of anilines is 1. The molecule has 15 heteroatoms. The van der Waals surface area contributed by atoms with E-state index < -0.39 is 34.9 Å². The quantitative estimate of drug-likeness (QED) is 0.123. The first kappa shape index (κ1) is 27.7. The molecule has 29 heavy (non-hydrogen) atoms. The van der Waals surface area contributed by atoms with Crippen LogP contribution in [-0.2, 0) is 14.4 Å². The third-order valence-corrected chi connectivity index (χ3v) is 5.78. The van der Waals surface area contributed by atoms with E-state index in [0.29, 0.717) is 11.3 Å². The molecule has 0 aliphatic carbocycles. The van der Waals surface area contributed by atoms with Crippen LogP contribution in [-0.4, -0.2) is 66.7 Å². The number of oxime groups is 1. The van der Waals surface area contributed by atoms with Crippen LogP contribution in [0.4, 0.5) is 5.13 Å². The van der Waals surface area contributed by atoms with Crippen LogP contribution in [0.15, 0.2) is 34.5 Å². The minimum Gasteiger partial charge on any atom is -0.543 e. The second kappa shape index (κ2) is 11.2. The summed E-state index contributed by atoms with van der Waals surface area (Å²) in [7, 11) is 0. The third-order valence-electron chi connectivity index (χ3n) is 3.80. The Morgan fingerprint density at radius 2 is 2.14 bits per heavy atom. The van der Waals surface area contributed by atoms with Crippen molar-refractivity contribution in [1.29, 1.82) is 0 Å². The molecule has 2 amide bonds. The Morgan fingerprint density at radius 3 is 2.62 bits per heavy atom. The van der Waals surface area contributed by atoms with Gasteiger partial charge < -0.3 is 37.1 Å². The molecule has 2 atom stereocenters. The van der Waals surface area contributed by atoms with Crippen molar-refractivity contribution in [3.63, 3.8) is 0 Å². The van der Waals surface area contributed by atoms with Crippen molar-refractivity contribution in [1.82, 2.24) is 15.2 Å². The van der Waals surface area contributed by atoms with Gasteiger partial charge in [-0.2, -0.15) is 0 Å². The standard InChI is InChI=1S/C14H13N5O5S2.K.2H2O/c1-2-5-3-25-12-8(11(21)19(12)9(5)13(22)23)17-10(20)7(18-24)6-4-26-14(15)16-6;;;/h2,4,8,12,24H,1,3H2,(H2,15,16)(H,17,20)(H,22,23);;2*1H2/q;+1;;/p-1/b18-7+;;;/t8?,12-;;;/m1.../s1. The molecule has 0 aromatic carbocycles. The summed E-state index contributed by atoms with van der Waals surface area (Å²) in [5, 5.41) is 26.8. The Labute approximate surface area is 214 Å². The van der Waals surface area contributed by atoms with Crippen molar-refractivity contribution in [3.8, 4) is 0 Å². The molecule has 0 spiro atoms. The van der Waals surface area contributed by atoms with Crippen LogP contribution in [0.5, 0.6) is 0 Å². The molecular weight excluding hydrogens is 453 g/mol. The first-order chi connectivity index (χ1) is 12.4. The average molecular weight is 470 g/mol. The number of nitrogens with one attached hydrogen (secondary N) is 1. The maximum absolute atomic E-state index is 12.4. The normalized spacial score (nSPS) is 20.2. The zero-order valence-electron chi connectivity index (χ0n) is 15.0. The van der Waals surface area contributed by atoms with Crippen LogP contribution in [0.2, 0.25) is 0 Å². The molecule has 2 aliphatic rings. The summed E-state index contributed by atoms with van der Waals surface area (Å²) in [6.45, 7) is 3.53. The fourth-order valence-corrected chi connectivity index (χ4v) is 4.50. The van der Waals surface area contributed by atoms with Gasteiger partial charge in [-0.1, -0.05) is 17.8 Å². The predicted molar refractivity (Wildman–Crippen MR) is 99.3 cm³/mol. The van der Waals surface area contributed by atoms with E-state index in [-0.39, 0.29) is 78.9 Å². The Hall–Kier alpha value is -1.30. The van der Waals surface area contributed by atoms with Gasteiger partial charge in [-0.3, -0.25) is 14.5 Å². The van der Waals surface area contributed by atoms with E-state index in [1.807, 2.05) is 0 Å². The van der Waals surface area contributed by atoms with E-state index in [0.717, 1.165) is 16.2 Å². The summed E-state index contributed by atoms with van der Waals surface area (Å²) >= 11 is 2.33. The number of nitrogens with two attached hydrogens (primary N) is 1. The number of allylic oxidation sites excluding steroid dienone is 1. The van der Waals surface area contributed by atoms with Gasteiger partial charge in [0.2, 0.25) is 0 Å². The molecule has 0 radical (unpaired) electrons. The Kier molecular flexibility index (Phi) is 10.7. The molecule has 2 aliphatic heterocycles. The van der Waals surface area contributed by atoms with Crippen molar-refractivity contribution in [2.75, 3.05) is 11.5 Å². The fraction of sp³-hybridized carbons (Fsp3) is 0.214. The van der Waals surface area contributed by atoms with Crippen LogP contribution in [0.25, 0.3) is 0 Å². The molecule has 0 bridgehead atoms. The number of amides is 2. The van der Waals surface area contributed by atoms with Gasteiger partial charge in [-0.05, 0) is 5.57 Å². The Balaban J connectivity index is 0.00000261. The zero-order valence-corrected chi connectivity index (χ0v) is 19.8. The third kappa shape index (κ3) is 5.07. The Morgan fingerprint density at radius 1 is 1.48 bits per heavy atom. The van der Waals surface area contributed by atoms with Gasteiger partial charge in [0.1, 0.15) is 17.1 Å². The average Bonchev–Trinajstić information content (AvgIpc) is 3.04. The number of nitrogens with zero attached hydrogens (tertiary/aromatic N) is 3. The number of β-lactam (4-membered cyclic amide) rings is 1. The van der Waals surface area contributed by atoms with Gasteiger partial charge in [-0.15, -0.1) is 23.1 Å². The van der Waals surface area contributed by atoms with Crippen molar-refractivity contribution < 1.29 is 87.0 Å². The minimum atomic E-state index is -1.49. The predicted octanol–water partition coefficient (Wildman–Crippen LogP) is -6.15. The van der Waals surface area contributed by atoms with Crippen molar-refractivity contribution in [2.24, 2.45) is 5.16 Å². The molecule has 3 heterocycles. The maximum atomic E-state index is 12.4. The van der Waals surface area contributed by atoms with Gasteiger partial charge in [0.25, 0.3) is 11.8 Å². The van der Waals surface area contributed by atoms with Crippen LogP contribution in [0.3, 0.4) is 0 Å². The number of hydrogen-bond donors (Lipinski definition) is 3. The molecule has 1 fully saturated rings. The first-order valence-corrected chi connectivity index (χ1v) is 9.07. The largest absolute Gasteiger partial charge is 1.00 e. The van der Waals surface area contributed by atoms with Crippen molar-refractivity contribution in [3.05, 3.63) is 35.0 Å². The van der Waals surface area contributed by atoms with Crippen molar-refractivity contribution in [2.45, 2.75) is 11.4 Å². The summed E-state index contributed by atoms with van der Waals surface area (Å²) in [5.41, 5.74) is 5.29. The molecule has 1 unspecified atom stereocenters. The molecule has 0 saturated carbocycles. The second-order valence-electron chi connectivity index (χ2n) is 5.25. The molecule has 1 saturated heterocycles. The maximum Gasteiger partial charge on any atom is 1.00 e. The summed E-state index contributed by atoms with van der Waals surface area (Å²) in [6, 6.07) is -0.971. The number of thiazole rings is 1. The van der Waals surface area contributed by atoms with Gasteiger partial charge in [0, 0.05) is 11.1 Å². The minimum absolute atomic E-state index is 0. The summed E-state index contributed by atoms with van der Waals surface area (Å²) < 4.78 is 0. The molecule has 3 rings (SSSR count). The molecule has 12 nitrogen and oxygen atoms in total.